The Morgan fingerprint density at radius 1 is 0.949 bits per heavy atom. The predicted octanol–water partition coefficient (Wildman–Crippen LogP) is 2.15. The van der Waals surface area contributed by atoms with Gasteiger partial charge in [0.25, 0.3) is 0 Å². The molecule has 2 aromatic carbocycles. The van der Waals surface area contributed by atoms with E-state index in [4.69, 9.17) is 4.74 Å². The first-order valence-corrected chi connectivity index (χ1v) is 18.9. The number of fused-ring (bicyclic) bond motifs is 2. The Morgan fingerprint density at radius 2 is 1.58 bits per heavy atom. The van der Waals surface area contributed by atoms with Crippen LogP contribution in [0.25, 0.3) is 0 Å². The van der Waals surface area contributed by atoms with Crippen LogP contribution in [0.2, 0.25) is 0 Å². The summed E-state index contributed by atoms with van der Waals surface area (Å²) in [5.74, 6) is -6.25. The molecule has 2 aromatic rings. The maximum Gasteiger partial charge on any atom is 0.573 e. The van der Waals surface area contributed by atoms with Gasteiger partial charge in [0.15, 0.2) is 0 Å². The van der Waals surface area contributed by atoms with Crippen molar-refractivity contribution in [3.63, 3.8) is 0 Å². The van der Waals surface area contributed by atoms with Crippen LogP contribution in [-0.4, -0.2) is 131 Å². The number of alkyl halides is 3. The van der Waals surface area contributed by atoms with Crippen molar-refractivity contribution in [2.45, 2.75) is 108 Å². The quantitative estimate of drug-likeness (QED) is 0.204. The van der Waals surface area contributed by atoms with E-state index in [1.54, 1.807) is 0 Å². The van der Waals surface area contributed by atoms with E-state index in [1.807, 2.05) is 0 Å². The minimum Gasteiger partial charge on any atom is -0.459 e. The highest BCUT2D eigenvalue weighted by Gasteiger charge is 2.46. The van der Waals surface area contributed by atoms with E-state index in [0.29, 0.717) is 18.9 Å². The molecule has 8 atom stereocenters. The van der Waals surface area contributed by atoms with Crippen molar-refractivity contribution >= 4 is 41.3 Å². The molecule has 3 unspecified atom stereocenters. The molecule has 0 aliphatic carbocycles. The Hall–Kier alpha value is -5.57. The molecule has 59 heavy (non-hydrogen) atoms. The van der Waals surface area contributed by atoms with Crippen LogP contribution in [0.4, 0.5) is 32.4 Å². The van der Waals surface area contributed by atoms with Gasteiger partial charge in [0.05, 0.1) is 6.04 Å². The first kappa shape index (κ1) is 44.5. The third kappa shape index (κ3) is 11.1. The monoisotopic (exact) mass is 839 g/mol. The standard InChI is InChI=1S/C38H46F5N7O9/c1-19-33(53)50-14-6-8-29(50)36(56)58-21(3)30(35(55)49-13-5-7-28(49)34(54)48(4)20(2)31(51)44-19)47-32(52)27(17-22-15-23(39)18-24(40)16-22)46-37(57)45-25-9-11-26(12-10-25)59-38(41,42)43/h9-12,15-16,18-21,27-30,35,55H,5-8,13-14,17H2,1-4H3,(H,44,51)(H,47,52)(H2,45,46,57)/t19-,20-,21-,27-,28?,29?,30-,35?/m0/s1. The Balaban J connectivity index is 1.46. The number of urea groups is 1. The second-order valence-electron chi connectivity index (χ2n) is 14.7. The highest BCUT2D eigenvalue weighted by molar-refractivity contribution is 5.95. The van der Waals surface area contributed by atoms with Gasteiger partial charge >= 0.3 is 18.4 Å². The fraction of sp³-hybridized carbons (Fsp3) is 0.526. The van der Waals surface area contributed by atoms with Gasteiger partial charge in [0.1, 0.15) is 59.9 Å². The van der Waals surface area contributed by atoms with Gasteiger partial charge in [-0.25, -0.2) is 18.4 Å². The summed E-state index contributed by atoms with van der Waals surface area (Å²) in [6.45, 7) is 4.58. The van der Waals surface area contributed by atoms with Crippen molar-refractivity contribution in [2.24, 2.45) is 0 Å². The second-order valence-corrected chi connectivity index (χ2v) is 14.7. The van der Waals surface area contributed by atoms with Gasteiger partial charge in [-0.2, -0.15) is 0 Å². The number of halogens is 5. The fourth-order valence-electron chi connectivity index (χ4n) is 7.37. The maximum atomic E-state index is 14.3. The Morgan fingerprint density at radius 3 is 2.22 bits per heavy atom. The fourth-order valence-corrected chi connectivity index (χ4v) is 7.37. The summed E-state index contributed by atoms with van der Waals surface area (Å²) in [6.07, 6.45) is -7.34. The number of esters is 1. The molecule has 6 amide bonds. The molecule has 3 aliphatic rings. The van der Waals surface area contributed by atoms with Crippen LogP contribution in [-0.2, 0) is 35.1 Å². The average Bonchev–Trinajstić information content (AvgIpc) is 3.86. The third-order valence-corrected chi connectivity index (χ3v) is 10.5. The van der Waals surface area contributed by atoms with Gasteiger partial charge in [-0.1, -0.05) is 0 Å². The number of nitrogens with zero attached hydrogens (tertiary/aromatic N) is 3. The highest BCUT2D eigenvalue weighted by Crippen LogP contribution is 2.27. The van der Waals surface area contributed by atoms with E-state index < -0.39 is 114 Å². The summed E-state index contributed by atoms with van der Waals surface area (Å²) in [4.78, 5) is 85.5. The Labute approximate surface area is 335 Å². The van der Waals surface area contributed by atoms with E-state index in [-0.39, 0.29) is 37.2 Å². The molecular formula is C38H46F5N7O9. The van der Waals surface area contributed by atoms with Gasteiger partial charge in [0, 0.05) is 38.3 Å². The number of carbonyl (C=O) groups excluding carboxylic acids is 6. The molecule has 21 heteroatoms. The minimum atomic E-state index is -4.97. The molecule has 3 aliphatic heterocycles. The molecule has 3 fully saturated rings. The smallest absolute Gasteiger partial charge is 0.459 e. The third-order valence-electron chi connectivity index (χ3n) is 10.5. The van der Waals surface area contributed by atoms with Gasteiger partial charge in [-0.05, 0) is 88.4 Å². The average molecular weight is 840 g/mol. The number of anilines is 1. The number of benzene rings is 2. The number of ether oxygens (including phenoxy) is 2. The minimum absolute atomic E-state index is 0.0307. The number of nitrogens with one attached hydrogen (secondary N) is 4. The lowest BCUT2D eigenvalue weighted by Crippen LogP contribution is -2.63. The number of likely N-dealkylation sites (N-methyl/N-ethyl adjacent to an activating group) is 1. The maximum absolute atomic E-state index is 14.3. The molecule has 0 aromatic heterocycles. The lowest BCUT2D eigenvalue weighted by molar-refractivity contribution is -0.274. The van der Waals surface area contributed by atoms with E-state index in [2.05, 4.69) is 26.0 Å². The molecular weight excluding hydrogens is 793 g/mol. The normalized spacial score (nSPS) is 26.6. The number of carbonyl (C=O) groups is 6. The number of hydrogen-bond acceptors (Lipinski definition) is 10. The van der Waals surface area contributed by atoms with Crippen LogP contribution in [0, 0.1) is 11.6 Å². The van der Waals surface area contributed by atoms with Gasteiger partial charge in [-0.3, -0.25) is 24.1 Å². The first-order chi connectivity index (χ1) is 27.7. The number of rotatable bonds is 7. The number of aliphatic hydroxyl groups is 1. The lowest BCUT2D eigenvalue weighted by atomic mass is 10.0. The van der Waals surface area contributed by atoms with E-state index in [9.17, 15) is 55.8 Å². The van der Waals surface area contributed by atoms with Crippen molar-refractivity contribution in [1.82, 2.24) is 30.7 Å². The van der Waals surface area contributed by atoms with Crippen LogP contribution >= 0.6 is 0 Å². The second kappa shape index (κ2) is 18.6. The van der Waals surface area contributed by atoms with Crippen molar-refractivity contribution in [3.8, 4) is 5.75 Å². The van der Waals surface area contributed by atoms with Crippen molar-refractivity contribution in [3.05, 3.63) is 59.7 Å². The molecule has 3 heterocycles. The first-order valence-electron chi connectivity index (χ1n) is 18.9. The predicted molar refractivity (Wildman–Crippen MR) is 197 cm³/mol. The van der Waals surface area contributed by atoms with Crippen LogP contribution in [0.15, 0.2) is 42.5 Å². The van der Waals surface area contributed by atoms with Crippen LogP contribution in [0.1, 0.15) is 52.0 Å². The molecule has 16 nitrogen and oxygen atoms in total. The number of cyclic esters (lactones) is 1. The van der Waals surface area contributed by atoms with Crippen molar-refractivity contribution in [2.75, 3.05) is 25.5 Å². The van der Waals surface area contributed by atoms with Crippen molar-refractivity contribution < 1.29 is 65.3 Å². The molecule has 322 valence electrons. The van der Waals surface area contributed by atoms with Crippen molar-refractivity contribution in [1.29, 1.82) is 0 Å². The van der Waals surface area contributed by atoms with E-state index >= 15 is 0 Å². The van der Waals surface area contributed by atoms with Gasteiger partial charge in [-0.15, -0.1) is 13.2 Å². The number of amides is 6. The summed E-state index contributed by atoms with van der Waals surface area (Å²) in [5.41, 5.74) is -0.113. The zero-order valence-electron chi connectivity index (χ0n) is 32.6. The zero-order valence-corrected chi connectivity index (χ0v) is 32.6. The van der Waals surface area contributed by atoms with E-state index in [1.165, 1.54) is 42.5 Å². The Kier molecular flexibility index (Phi) is 14.0. The van der Waals surface area contributed by atoms with Crippen LogP contribution < -0.4 is 26.0 Å². The SMILES string of the molecule is C[C@@H]1NC(=O)[C@H](C)N(C)C(=O)C2CCCN2C(O)[C@@H](NC(=O)[C@H](Cc2cc(F)cc(F)c2)NC(=O)Nc2ccc(OC(F)(F)F)cc2)[C@H](C)OC(=O)C2CCCN2C1=O. The molecule has 0 bridgehead atoms. The molecule has 3 saturated heterocycles. The molecule has 0 radical (unpaired) electrons. The Bertz CT molecular complexity index is 1890. The molecule has 0 spiro atoms. The van der Waals surface area contributed by atoms with Gasteiger partial charge < -0.3 is 45.6 Å². The molecule has 5 rings (SSSR count). The highest BCUT2D eigenvalue weighted by atomic mass is 19.4. The number of hydrogen-bond donors (Lipinski definition) is 5. The summed E-state index contributed by atoms with van der Waals surface area (Å²) in [6, 6.07) is -2.06. The largest absolute Gasteiger partial charge is 0.573 e. The lowest BCUT2D eigenvalue weighted by Gasteiger charge is -2.39. The zero-order chi connectivity index (χ0) is 43.3. The topological polar surface area (TPSA) is 199 Å². The van der Waals surface area contributed by atoms with Gasteiger partial charge in [0.2, 0.25) is 23.6 Å². The molecule has 0 saturated carbocycles. The molecule has 5 N–H and O–H groups in total. The van der Waals surface area contributed by atoms with Crippen LogP contribution in [0.5, 0.6) is 5.75 Å². The summed E-state index contributed by atoms with van der Waals surface area (Å²) >= 11 is 0. The summed E-state index contributed by atoms with van der Waals surface area (Å²) in [5, 5.41) is 21.9. The summed E-state index contributed by atoms with van der Waals surface area (Å²) in [7, 11) is 1.40. The van der Waals surface area contributed by atoms with Crippen LogP contribution in [0.3, 0.4) is 0 Å². The summed E-state index contributed by atoms with van der Waals surface area (Å²) < 4.78 is 76.1. The van der Waals surface area contributed by atoms with E-state index in [0.717, 1.165) is 36.4 Å². The number of aliphatic hydroxyl groups excluding tert-OH is 1.